The van der Waals surface area contributed by atoms with Gasteiger partial charge in [0.2, 0.25) is 0 Å². The molecule has 0 unspecified atom stereocenters. The zero-order chi connectivity index (χ0) is 13.2. The number of aromatic nitrogens is 3. The molecule has 2 N–H and O–H groups in total. The summed E-state index contributed by atoms with van der Waals surface area (Å²) in [6.45, 7) is -0.883. The Morgan fingerprint density at radius 2 is 2.11 bits per heavy atom. The standard InChI is InChI=1S/C10H12F3N5/c11-10(12,13)7-17(5-2-14)9-8-1-3-16-18(8)6-4-15-9/h1,3-4,6H,2,5,7,14H2. The van der Waals surface area contributed by atoms with Crippen LogP contribution in [0, 0.1) is 0 Å². The molecule has 0 aliphatic carbocycles. The van der Waals surface area contributed by atoms with Crippen molar-refractivity contribution in [3.8, 4) is 0 Å². The summed E-state index contributed by atoms with van der Waals surface area (Å²) in [5, 5.41) is 3.96. The number of hydrogen-bond acceptors (Lipinski definition) is 4. The molecule has 2 heterocycles. The highest BCUT2D eigenvalue weighted by Gasteiger charge is 2.31. The first kappa shape index (κ1) is 12.6. The number of fused-ring (bicyclic) bond motifs is 1. The van der Waals surface area contributed by atoms with Gasteiger partial charge in [0.05, 0.1) is 6.20 Å². The first-order valence-electron chi connectivity index (χ1n) is 5.31. The van der Waals surface area contributed by atoms with Gasteiger partial charge in [0.25, 0.3) is 0 Å². The van der Waals surface area contributed by atoms with Gasteiger partial charge >= 0.3 is 6.18 Å². The molecule has 0 atom stereocenters. The number of hydrogen-bond donors (Lipinski definition) is 1. The Morgan fingerprint density at radius 3 is 2.78 bits per heavy atom. The highest BCUT2D eigenvalue weighted by atomic mass is 19.4. The fourth-order valence-corrected chi connectivity index (χ4v) is 1.72. The zero-order valence-electron chi connectivity index (χ0n) is 9.43. The summed E-state index contributed by atoms with van der Waals surface area (Å²) in [4.78, 5) is 5.10. The van der Waals surface area contributed by atoms with Gasteiger partial charge in [-0.3, -0.25) is 0 Å². The molecule has 0 aliphatic rings. The lowest BCUT2D eigenvalue weighted by Crippen LogP contribution is -2.38. The molecule has 8 heteroatoms. The van der Waals surface area contributed by atoms with Crippen LogP contribution in [-0.2, 0) is 0 Å². The van der Waals surface area contributed by atoms with Crippen LogP contribution in [0.3, 0.4) is 0 Å². The molecule has 2 aromatic heterocycles. The van der Waals surface area contributed by atoms with Crippen molar-refractivity contribution in [2.75, 3.05) is 24.5 Å². The second kappa shape index (κ2) is 4.81. The third-order valence-corrected chi connectivity index (χ3v) is 2.37. The highest BCUT2D eigenvalue weighted by Crippen LogP contribution is 2.23. The molecule has 0 amide bonds. The normalized spacial score (nSPS) is 12.0. The maximum Gasteiger partial charge on any atom is 0.405 e. The van der Waals surface area contributed by atoms with E-state index in [1.54, 1.807) is 12.3 Å². The Kier molecular flexibility index (Phi) is 3.37. The van der Waals surface area contributed by atoms with Crippen molar-refractivity contribution < 1.29 is 13.2 Å². The van der Waals surface area contributed by atoms with E-state index in [9.17, 15) is 13.2 Å². The summed E-state index contributed by atoms with van der Waals surface area (Å²) < 4.78 is 39.0. The minimum atomic E-state index is -4.30. The van der Waals surface area contributed by atoms with Crippen LogP contribution in [0.2, 0.25) is 0 Å². The number of rotatable bonds is 4. The smallest absolute Gasteiger partial charge is 0.344 e. The van der Waals surface area contributed by atoms with Gasteiger partial charge in [-0.15, -0.1) is 0 Å². The molecule has 0 bridgehead atoms. The summed E-state index contributed by atoms with van der Waals surface area (Å²) in [5.41, 5.74) is 5.87. The Morgan fingerprint density at radius 1 is 1.33 bits per heavy atom. The summed E-state index contributed by atoms with van der Waals surface area (Å²) >= 11 is 0. The third kappa shape index (κ3) is 2.70. The van der Waals surface area contributed by atoms with Crippen LogP contribution in [0.4, 0.5) is 19.0 Å². The number of halogens is 3. The second-order valence-corrected chi connectivity index (χ2v) is 3.74. The molecule has 0 aliphatic heterocycles. The maximum absolute atomic E-state index is 12.5. The van der Waals surface area contributed by atoms with Crippen molar-refractivity contribution in [1.29, 1.82) is 0 Å². The van der Waals surface area contributed by atoms with Crippen molar-refractivity contribution in [3.05, 3.63) is 24.7 Å². The summed E-state index contributed by atoms with van der Waals surface area (Å²) in [6.07, 6.45) is 0.195. The lowest BCUT2D eigenvalue weighted by Gasteiger charge is -2.24. The summed E-state index contributed by atoms with van der Waals surface area (Å²) in [5.74, 6) is 0.234. The summed E-state index contributed by atoms with van der Waals surface area (Å²) in [7, 11) is 0. The molecule has 0 saturated heterocycles. The van der Waals surface area contributed by atoms with Crippen LogP contribution in [0.1, 0.15) is 0 Å². The van der Waals surface area contributed by atoms with E-state index in [-0.39, 0.29) is 18.9 Å². The summed E-state index contributed by atoms with van der Waals surface area (Å²) in [6, 6.07) is 1.61. The van der Waals surface area contributed by atoms with Gasteiger partial charge in [-0.2, -0.15) is 18.3 Å². The predicted octanol–water partition coefficient (Wildman–Crippen LogP) is 1.06. The van der Waals surface area contributed by atoms with Gasteiger partial charge in [0.1, 0.15) is 12.1 Å². The lowest BCUT2D eigenvalue weighted by molar-refractivity contribution is -0.119. The quantitative estimate of drug-likeness (QED) is 0.891. The molecule has 2 aromatic rings. The van der Waals surface area contributed by atoms with E-state index in [1.165, 1.54) is 16.9 Å². The predicted molar refractivity (Wildman–Crippen MR) is 60.3 cm³/mol. The van der Waals surface area contributed by atoms with E-state index in [0.29, 0.717) is 5.52 Å². The molecule has 0 saturated carbocycles. The van der Waals surface area contributed by atoms with Crippen LogP contribution in [0.15, 0.2) is 24.7 Å². The van der Waals surface area contributed by atoms with Crippen LogP contribution >= 0.6 is 0 Å². The number of anilines is 1. The first-order valence-corrected chi connectivity index (χ1v) is 5.31. The Labute approximate surface area is 101 Å². The second-order valence-electron chi connectivity index (χ2n) is 3.74. The zero-order valence-corrected chi connectivity index (χ0v) is 9.43. The molecule has 18 heavy (non-hydrogen) atoms. The van der Waals surface area contributed by atoms with Crippen molar-refractivity contribution >= 4 is 11.3 Å². The van der Waals surface area contributed by atoms with Crippen molar-refractivity contribution in [2.24, 2.45) is 5.73 Å². The van der Waals surface area contributed by atoms with Crippen molar-refractivity contribution in [1.82, 2.24) is 14.6 Å². The Balaban J connectivity index is 2.38. The largest absolute Gasteiger partial charge is 0.405 e. The molecule has 0 radical (unpaired) electrons. The van der Waals surface area contributed by atoms with Gasteiger partial charge in [0.15, 0.2) is 5.82 Å². The van der Waals surface area contributed by atoms with Crippen LogP contribution in [0.25, 0.3) is 5.52 Å². The molecular formula is C10H12F3N5. The first-order chi connectivity index (χ1) is 8.51. The topological polar surface area (TPSA) is 59.5 Å². The van der Waals surface area contributed by atoms with Gasteiger partial charge in [-0.25, -0.2) is 9.50 Å². The monoisotopic (exact) mass is 259 g/mol. The van der Waals surface area contributed by atoms with Gasteiger partial charge in [0, 0.05) is 25.5 Å². The van der Waals surface area contributed by atoms with Crippen LogP contribution in [-0.4, -0.2) is 40.4 Å². The lowest BCUT2D eigenvalue weighted by atomic mass is 10.4. The molecule has 2 rings (SSSR count). The van der Waals surface area contributed by atoms with E-state index in [0.717, 1.165) is 4.90 Å². The molecule has 0 aromatic carbocycles. The van der Waals surface area contributed by atoms with E-state index in [1.807, 2.05) is 0 Å². The average molecular weight is 259 g/mol. The molecule has 98 valence electrons. The van der Waals surface area contributed by atoms with Gasteiger partial charge in [-0.1, -0.05) is 0 Å². The number of nitrogens with zero attached hydrogens (tertiary/aromatic N) is 4. The molecule has 5 nitrogen and oxygen atoms in total. The fourth-order valence-electron chi connectivity index (χ4n) is 1.72. The Hall–Kier alpha value is -1.83. The number of nitrogens with two attached hydrogens (primary N) is 1. The van der Waals surface area contributed by atoms with Crippen molar-refractivity contribution in [2.45, 2.75) is 6.18 Å². The maximum atomic E-state index is 12.5. The van der Waals surface area contributed by atoms with E-state index in [4.69, 9.17) is 5.73 Å². The molecular weight excluding hydrogens is 247 g/mol. The van der Waals surface area contributed by atoms with Gasteiger partial charge < -0.3 is 10.6 Å². The minimum Gasteiger partial charge on any atom is -0.344 e. The Bertz CT molecular complexity index is 521. The van der Waals surface area contributed by atoms with Crippen LogP contribution < -0.4 is 10.6 Å². The van der Waals surface area contributed by atoms with E-state index < -0.39 is 12.7 Å². The van der Waals surface area contributed by atoms with Gasteiger partial charge in [-0.05, 0) is 6.07 Å². The average Bonchev–Trinajstić information content (AvgIpc) is 2.74. The van der Waals surface area contributed by atoms with E-state index in [2.05, 4.69) is 10.1 Å². The van der Waals surface area contributed by atoms with E-state index >= 15 is 0 Å². The minimum absolute atomic E-state index is 0.0807. The molecule has 0 fully saturated rings. The fraction of sp³-hybridized carbons (Fsp3) is 0.400. The van der Waals surface area contributed by atoms with Crippen LogP contribution in [0.5, 0.6) is 0 Å². The SMILES string of the molecule is NCCN(CC(F)(F)F)c1nccn2nccc12. The molecule has 0 spiro atoms. The highest BCUT2D eigenvalue weighted by molar-refractivity contribution is 5.68. The third-order valence-electron chi connectivity index (χ3n) is 2.37. The number of alkyl halides is 3. The van der Waals surface area contributed by atoms with Crippen molar-refractivity contribution in [3.63, 3.8) is 0 Å².